The van der Waals surface area contributed by atoms with Crippen molar-refractivity contribution in [3.63, 3.8) is 0 Å². The van der Waals surface area contributed by atoms with Crippen LogP contribution in [0.1, 0.15) is 5.69 Å². The lowest BCUT2D eigenvalue weighted by molar-refractivity contribution is 0.588. The van der Waals surface area contributed by atoms with Crippen LogP contribution in [0.2, 0.25) is 5.28 Å². The summed E-state index contributed by atoms with van der Waals surface area (Å²) in [5.74, 6) is 0.518. The molecule has 5 nitrogen and oxygen atoms in total. The Hall–Kier alpha value is -1.75. The highest BCUT2D eigenvalue weighted by Gasteiger charge is 2.19. The van der Waals surface area contributed by atoms with Gasteiger partial charge in [0.2, 0.25) is 5.28 Å². The smallest absolute Gasteiger partial charge is 0.224 e. The zero-order valence-corrected chi connectivity index (χ0v) is 17.7. The summed E-state index contributed by atoms with van der Waals surface area (Å²) in [5, 5.41) is 4.07. The number of rotatable bonds is 4. The van der Waals surface area contributed by atoms with Gasteiger partial charge in [-0.25, -0.2) is 4.98 Å². The van der Waals surface area contributed by atoms with Crippen LogP contribution in [0.3, 0.4) is 0 Å². The van der Waals surface area contributed by atoms with Crippen LogP contribution < -0.4 is 10.6 Å². The number of aryl methyl sites for hydroxylation is 1. The highest BCUT2D eigenvalue weighted by Crippen LogP contribution is 2.40. The van der Waals surface area contributed by atoms with E-state index in [-0.39, 0.29) is 5.28 Å². The van der Waals surface area contributed by atoms with Gasteiger partial charge in [-0.05, 0) is 71.5 Å². The van der Waals surface area contributed by atoms with Crippen molar-refractivity contribution < 1.29 is 4.57 Å². The van der Waals surface area contributed by atoms with Crippen molar-refractivity contribution in [2.24, 2.45) is 0 Å². The Balaban J connectivity index is 2.07. The fourth-order valence-corrected chi connectivity index (χ4v) is 4.05. The lowest BCUT2D eigenvalue weighted by Crippen LogP contribution is -2.11. The van der Waals surface area contributed by atoms with Gasteiger partial charge in [-0.1, -0.05) is 12.1 Å². The third-order valence-corrected chi connectivity index (χ3v) is 6.08. The fraction of sp³-hybridized carbons (Fsp3) is 0.167. The molecule has 3 rings (SSSR count). The van der Waals surface area contributed by atoms with E-state index in [2.05, 4.69) is 36.2 Å². The first-order chi connectivity index (χ1) is 12.2. The summed E-state index contributed by atoms with van der Waals surface area (Å²) in [5.41, 5.74) is 3.61. The van der Waals surface area contributed by atoms with E-state index in [1.807, 2.05) is 43.5 Å². The summed E-state index contributed by atoms with van der Waals surface area (Å²) in [7, 11) is -2.55. The predicted molar refractivity (Wildman–Crippen MR) is 112 cm³/mol. The highest BCUT2D eigenvalue weighted by atomic mass is 79.9. The Morgan fingerprint density at radius 2 is 1.81 bits per heavy atom. The molecular weight excluding hydrogens is 435 g/mol. The summed E-state index contributed by atoms with van der Waals surface area (Å²) in [4.78, 5) is 12.4. The minimum Gasteiger partial charge on any atom is -0.339 e. The van der Waals surface area contributed by atoms with Crippen LogP contribution in [0.4, 0.5) is 11.5 Å². The van der Waals surface area contributed by atoms with Crippen molar-refractivity contribution in [3.8, 4) is 11.1 Å². The summed E-state index contributed by atoms with van der Waals surface area (Å²) in [6.45, 7) is 5.43. The Morgan fingerprint density at radius 1 is 1.08 bits per heavy atom. The molecular formula is C18H17BrClN4OP. The molecule has 0 saturated carbocycles. The molecule has 2 aromatic heterocycles. The SMILES string of the molecule is Cc1ccc(-c2ccc(Nc3nc(Cl)ncc3Br)c(P(C)(C)=O)c2)cn1. The van der Waals surface area contributed by atoms with Crippen LogP contribution in [0.5, 0.6) is 0 Å². The Morgan fingerprint density at radius 3 is 2.46 bits per heavy atom. The second-order valence-electron chi connectivity index (χ2n) is 6.23. The van der Waals surface area contributed by atoms with E-state index >= 15 is 0 Å². The summed E-state index contributed by atoms with van der Waals surface area (Å²) < 4.78 is 13.6. The van der Waals surface area contributed by atoms with Gasteiger partial charge in [0.25, 0.3) is 0 Å². The van der Waals surface area contributed by atoms with E-state index in [1.54, 1.807) is 19.5 Å². The molecule has 2 heterocycles. The number of anilines is 2. The molecule has 0 spiro atoms. The van der Waals surface area contributed by atoms with E-state index < -0.39 is 7.14 Å². The molecule has 0 unspecified atom stereocenters. The molecule has 0 bridgehead atoms. The molecule has 0 aliphatic heterocycles. The van der Waals surface area contributed by atoms with Crippen molar-refractivity contribution in [2.45, 2.75) is 6.92 Å². The second-order valence-corrected chi connectivity index (χ2v) is 10.6. The molecule has 1 aromatic carbocycles. The quantitative estimate of drug-likeness (QED) is 0.433. The topological polar surface area (TPSA) is 67.8 Å². The van der Waals surface area contributed by atoms with Gasteiger partial charge in [-0.3, -0.25) is 4.98 Å². The number of pyridine rings is 1. The second kappa shape index (κ2) is 7.47. The average Bonchev–Trinajstić information content (AvgIpc) is 2.58. The van der Waals surface area contributed by atoms with Gasteiger partial charge >= 0.3 is 0 Å². The molecule has 0 radical (unpaired) electrons. The number of hydrogen-bond donors (Lipinski definition) is 1. The van der Waals surface area contributed by atoms with Crippen LogP contribution in [0.15, 0.2) is 47.2 Å². The molecule has 1 N–H and O–H groups in total. The normalized spacial score (nSPS) is 11.4. The lowest BCUT2D eigenvalue weighted by atomic mass is 10.1. The first kappa shape index (κ1) is 19.0. The summed E-state index contributed by atoms with van der Waals surface area (Å²) >= 11 is 9.28. The van der Waals surface area contributed by atoms with Crippen molar-refractivity contribution in [2.75, 3.05) is 18.6 Å². The minimum absolute atomic E-state index is 0.135. The van der Waals surface area contributed by atoms with Crippen LogP contribution in [0, 0.1) is 6.92 Å². The molecule has 0 amide bonds. The zero-order valence-electron chi connectivity index (χ0n) is 14.5. The van der Waals surface area contributed by atoms with Crippen LogP contribution in [-0.4, -0.2) is 28.3 Å². The van der Waals surface area contributed by atoms with Gasteiger partial charge in [0, 0.05) is 29.0 Å². The van der Waals surface area contributed by atoms with Gasteiger partial charge in [-0.15, -0.1) is 0 Å². The van der Waals surface area contributed by atoms with E-state index in [0.29, 0.717) is 10.3 Å². The number of halogens is 2. The highest BCUT2D eigenvalue weighted by molar-refractivity contribution is 9.10. The molecule has 0 atom stereocenters. The monoisotopic (exact) mass is 450 g/mol. The zero-order chi connectivity index (χ0) is 18.9. The van der Waals surface area contributed by atoms with Crippen molar-refractivity contribution in [1.29, 1.82) is 0 Å². The standard InChI is InChI=1S/C18H17BrClN4OP/c1-11-4-5-13(9-21-11)12-6-7-15(16(8-12)26(2,3)25)23-17-14(19)10-22-18(20)24-17/h4-10H,1-3H3,(H,22,23,24). The Kier molecular flexibility index (Phi) is 5.47. The van der Waals surface area contributed by atoms with Gasteiger partial charge < -0.3 is 9.88 Å². The maximum Gasteiger partial charge on any atom is 0.224 e. The largest absolute Gasteiger partial charge is 0.339 e. The van der Waals surface area contributed by atoms with Gasteiger partial charge in [0.05, 0.1) is 10.2 Å². The number of hydrogen-bond acceptors (Lipinski definition) is 5. The summed E-state index contributed by atoms with van der Waals surface area (Å²) in [6, 6.07) is 9.76. The van der Waals surface area contributed by atoms with Gasteiger partial charge in [0.15, 0.2) is 0 Å². The van der Waals surface area contributed by atoms with E-state index in [1.165, 1.54) is 0 Å². The number of benzene rings is 1. The fourth-order valence-electron chi connectivity index (χ4n) is 2.46. The molecule has 134 valence electrons. The summed E-state index contributed by atoms with van der Waals surface area (Å²) in [6.07, 6.45) is 3.39. The lowest BCUT2D eigenvalue weighted by Gasteiger charge is -2.17. The molecule has 0 aliphatic carbocycles. The molecule has 0 aliphatic rings. The minimum atomic E-state index is -2.55. The average molecular weight is 452 g/mol. The first-order valence-corrected chi connectivity index (χ1v) is 11.6. The van der Waals surface area contributed by atoms with E-state index in [4.69, 9.17) is 11.6 Å². The van der Waals surface area contributed by atoms with Crippen molar-refractivity contribution in [1.82, 2.24) is 15.0 Å². The van der Waals surface area contributed by atoms with Crippen molar-refractivity contribution in [3.05, 3.63) is 58.2 Å². The van der Waals surface area contributed by atoms with E-state index in [0.717, 1.165) is 27.8 Å². The van der Waals surface area contributed by atoms with Crippen LogP contribution >= 0.6 is 34.7 Å². The molecule has 0 saturated heterocycles. The number of aromatic nitrogens is 3. The third-order valence-electron chi connectivity index (χ3n) is 3.79. The molecule has 26 heavy (non-hydrogen) atoms. The molecule has 8 heteroatoms. The van der Waals surface area contributed by atoms with Gasteiger partial charge in [-0.2, -0.15) is 4.98 Å². The van der Waals surface area contributed by atoms with Crippen LogP contribution in [-0.2, 0) is 4.57 Å². The maximum absolute atomic E-state index is 12.9. The molecule has 0 fully saturated rings. The Labute approximate surface area is 165 Å². The predicted octanol–water partition coefficient (Wildman–Crippen LogP) is 5.25. The third kappa shape index (κ3) is 4.32. The maximum atomic E-state index is 12.9. The Bertz CT molecular complexity index is 1000. The van der Waals surface area contributed by atoms with Crippen molar-refractivity contribution >= 4 is 51.5 Å². The number of nitrogens with one attached hydrogen (secondary N) is 1. The van der Waals surface area contributed by atoms with Crippen LogP contribution in [0.25, 0.3) is 11.1 Å². The first-order valence-electron chi connectivity index (χ1n) is 7.82. The number of nitrogens with zero attached hydrogens (tertiary/aromatic N) is 3. The molecule has 3 aromatic rings. The van der Waals surface area contributed by atoms with E-state index in [9.17, 15) is 4.57 Å². The van der Waals surface area contributed by atoms with Gasteiger partial charge in [0.1, 0.15) is 13.0 Å².